The van der Waals surface area contributed by atoms with Crippen LogP contribution in [-0.2, 0) is 11.2 Å². The van der Waals surface area contributed by atoms with Crippen molar-refractivity contribution in [2.75, 3.05) is 5.73 Å². The number of benzene rings is 1. The maximum Gasteiger partial charge on any atom is 0.307 e. The first-order valence-electron chi connectivity index (χ1n) is 7.01. The number of carboxylic acids is 1. The first-order valence-corrected chi connectivity index (χ1v) is 7.01. The van der Waals surface area contributed by atoms with Crippen LogP contribution in [0.25, 0.3) is 0 Å². The SMILES string of the molecule is CC.CC1C=CC=NC=C1.Nc1ccc(CC(=O)O)cc1. The fraction of sp³-hybridized carbons (Fsp3) is 0.294. The molecule has 2 rings (SSSR count). The fourth-order valence-electron chi connectivity index (χ4n) is 1.38. The van der Waals surface area contributed by atoms with Crippen molar-refractivity contribution in [2.45, 2.75) is 27.2 Å². The number of aliphatic carboxylic acids is 1. The Labute approximate surface area is 126 Å². The molecule has 4 heteroatoms. The Balaban J connectivity index is 0.000000354. The van der Waals surface area contributed by atoms with E-state index < -0.39 is 5.97 Å². The van der Waals surface area contributed by atoms with Gasteiger partial charge in [0.2, 0.25) is 0 Å². The van der Waals surface area contributed by atoms with Crippen LogP contribution in [0, 0.1) is 5.92 Å². The highest BCUT2D eigenvalue weighted by Crippen LogP contribution is 2.05. The van der Waals surface area contributed by atoms with E-state index in [2.05, 4.69) is 24.1 Å². The quantitative estimate of drug-likeness (QED) is 0.815. The van der Waals surface area contributed by atoms with Crippen LogP contribution in [0.3, 0.4) is 0 Å². The van der Waals surface area contributed by atoms with Gasteiger partial charge in [-0.3, -0.25) is 9.79 Å². The summed E-state index contributed by atoms with van der Waals surface area (Å²) in [7, 11) is 0. The number of aliphatic imine (C=N–C) groups is 1. The lowest BCUT2D eigenvalue weighted by molar-refractivity contribution is -0.136. The molecule has 114 valence electrons. The molecular weight excluding hydrogens is 264 g/mol. The van der Waals surface area contributed by atoms with E-state index >= 15 is 0 Å². The van der Waals surface area contributed by atoms with Crippen molar-refractivity contribution < 1.29 is 9.90 Å². The van der Waals surface area contributed by atoms with Gasteiger partial charge in [-0.25, -0.2) is 0 Å². The molecule has 4 nitrogen and oxygen atoms in total. The zero-order valence-electron chi connectivity index (χ0n) is 12.9. The second-order valence-electron chi connectivity index (χ2n) is 4.20. The molecule has 0 saturated carbocycles. The second kappa shape index (κ2) is 11.5. The summed E-state index contributed by atoms with van der Waals surface area (Å²) in [5.41, 5.74) is 6.83. The summed E-state index contributed by atoms with van der Waals surface area (Å²) < 4.78 is 0. The summed E-state index contributed by atoms with van der Waals surface area (Å²) in [4.78, 5) is 14.2. The molecule has 3 N–H and O–H groups in total. The number of anilines is 1. The summed E-state index contributed by atoms with van der Waals surface area (Å²) in [5, 5.41) is 8.40. The zero-order valence-corrected chi connectivity index (χ0v) is 12.9. The van der Waals surface area contributed by atoms with Gasteiger partial charge in [0.05, 0.1) is 6.42 Å². The minimum Gasteiger partial charge on any atom is -0.481 e. The van der Waals surface area contributed by atoms with Gasteiger partial charge in [0, 0.05) is 18.1 Å². The maximum atomic E-state index is 10.2. The van der Waals surface area contributed by atoms with Crippen molar-refractivity contribution in [3.05, 3.63) is 54.3 Å². The van der Waals surface area contributed by atoms with E-state index in [0.29, 0.717) is 11.6 Å². The number of rotatable bonds is 2. The third-order valence-electron chi connectivity index (χ3n) is 2.40. The molecule has 1 aromatic carbocycles. The third kappa shape index (κ3) is 10.1. The highest BCUT2D eigenvalue weighted by Gasteiger charge is 1.98. The molecule has 0 aromatic heterocycles. The lowest BCUT2D eigenvalue weighted by atomic mass is 10.1. The molecule has 1 heterocycles. The summed E-state index contributed by atoms with van der Waals surface area (Å²) in [5.74, 6) is -0.285. The standard InChI is InChI=1S/C8H9NO2.C7H9N.C2H6/c9-7-3-1-6(2-4-7)5-8(10)11;1-7-3-2-5-8-6-4-7;1-2/h1-4H,5,9H2,(H,10,11);2-7H,1H3;1-2H3. The van der Waals surface area contributed by atoms with E-state index in [4.69, 9.17) is 10.8 Å². The van der Waals surface area contributed by atoms with E-state index in [-0.39, 0.29) is 6.42 Å². The highest BCUT2D eigenvalue weighted by molar-refractivity contribution is 5.72. The third-order valence-corrected chi connectivity index (χ3v) is 2.40. The van der Waals surface area contributed by atoms with Crippen LogP contribution in [0.15, 0.2) is 53.7 Å². The lowest BCUT2D eigenvalue weighted by Crippen LogP contribution is -1.99. The molecule has 0 aliphatic carbocycles. The van der Waals surface area contributed by atoms with Crippen molar-refractivity contribution in [3.63, 3.8) is 0 Å². The lowest BCUT2D eigenvalue weighted by Gasteiger charge is -1.96. The summed E-state index contributed by atoms with van der Waals surface area (Å²) in [6.07, 6.45) is 9.79. The number of hydrogen-bond acceptors (Lipinski definition) is 3. The Bertz CT molecular complexity index is 472. The molecule has 1 aliphatic rings. The molecule has 1 aliphatic heterocycles. The predicted molar refractivity (Wildman–Crippen MR) is 89.5 cm³/mol. The van der Waals surface area contributed by atoms with E-state index in [0.717, 1.165) is 5.56 Å². The molecule has 1 aromatic rings. The average Bonchev–Trinajstić information content (AvgIpc) is 2.72. The maximum absolute atomic E-state index is 10.2. The Morgan fingerprint density at radius 1 is 1.24 bits per heavy atom. The van der Waals surface area contributed by atoms with Crippen molar-refractivity contribution in [3.8, 4) is 0 Å². The Morgan fingerprint density at radius 2 is 1.86 bits per heavy atom. The van der Waals surface area contributed by atoms with Crippen molar-refractivity contribution >= 4 is 17.9 Å². The van der Waals surface area contributed by atoms with Gasteiger partial charge in [-0.05, 0) is 29.7 Å². The summed E-state index contributed by atoms with van der Waals surface area (Å²) in [6.45, 7) is 6.13. The van der Waals surface area contributed by atoms with E-state index in [1.807, 2.05) is 26.1 Å². The number of hydrogen-bond donors (Lipinski definition) is 2. The van der Waals surface area contributed by atoms with Gasteiger partial charge in [-0.1, -0.05) is 45.1 Å². The van der Waals surface area contributed by atoms with Gasteiger partial charge in [0.15, 0.2) is 0 Å². The topological polar surface area (TPSA) is 75.7 Å². The van der Waals surface area contributed by atoms with Gasteiger partial charge in [-0.2, -0.15) is 0 Å². The van der Waals surface area contributed by atoms with Gasteiger partial charge < -0.3 is 10.8 Å². The van der Waals surface area contributed by atoms with Gasteiger partial charge in [0.1, 0.15) is 0 Å². The minimum atomic E-state index is -0.824. The molecule has 0 saturated heterocycles. The van der Waals surface area contributed by atoms with Crippen LogP contribution in [0.2, 0.25) is 0 Å². The number of allylic oxidation sites excluding steroid dienone is 3. The molecule has 0 amide bonds. The number of carbonyl (C=O) groups is 1. The van der Waals surface area contributed by atoms with Crippen LogP contribution >= 0.6 is 0 Å². The number of carboxylic acid groups (broad SMARTS) is 1. The van der Waals surface area contributed by atoms with Crippen LogP contribution in [-0.4, -0.2) is 17.3 Å². The summed E-state index contributed by atoms with van der Waals surface area (Å²) in [6, 6.07) is 6.81. The normalized spacial score (nSPS) is 15.1. The molecule has 1 unspecified atom stereocenters. The van der Waals surface area contributed by atoms with Gasteiger partial charge in [-0.15, -0.1) is 0 Å². The zero-order chi connectivity index (χ0) is 16.1. The van der Waals surface area contributed by atoms with E-state index in [9.17, 15) is 4.79 Å². The molecule has 0 bridgehead atoms. The molecule has 0 radical (unpaired) electrons. The van der Waals surface area contributed by atoms with E-state index in [1.165, 1.54) is 0 Å². The Kier molecular flexibility index (Phi) is 10.2. The first-order chi connectivity index (χ1) is 10.1. The Hall–Kier alpha value is -2.36. The van der Waals surface area contributed by atoms with Gasteiger partial charge >= 0.3 is 5.97 Å². The fourth-order valence-corrected chi connectivity index (χ4v) is 1.38. The average molecular weight is 288 g/mol. The molecule has 0 spiro atoms. The molecule has 0 fully saturated rings. The first kappa shape index (κ1) is 18.6. The van der Waals surface area contributed by atoms with Crippen LogP contribution in [0.5, 0.6) is 0 Å². The van der Waals surface area contributed by atoms with Crippen LogP contribution in [0.1, 0.15) is 26.3 Å². The largest absolute Gasteiger partial charge is 0.481 e. The van der Waals surface area contributed by atoms with Crippen LogP contribution in [0.4, 0.5) is 5.69 Å². The van der Waals surface area contributed by atoms with Crippen molar-refractivity contribution in [1.29, 1.82) is 0 Å². The van der Waals surface area contributed by atoms with Crippen LogP contribution < -0.4 is 5.73 Å². The number of nitrogen functional groups attached to an aromatic ring is 1. The minimum absolute atomic E-state index is 0.0558. The monoisotopic (exact) mass is 288 g/mol. The number of nitrogens with two attached hydrogens (primary N) is 1. The summed E-state index contributed by atoms with van der Waals surface area (Å²) >= 11 is 0. The second-order valence-corrected chi connectivity index (χ2v) is 4.20. The molecule has 1 atom stereocenters. The molecular formula is C17H24N2O2. The van der Waals surface area contributed by atoms with Gasteiger partial charge in [0.25, 0.3) is 0 Å². The van der Waals surface area contributed by atoms with Crippen molar-refractivity contribution in [2.24, 2.45) is 10.9 Å². The number of nitrogens with zero attached hydrogens (tertiary/aromatic N) is 1. The Morgan fingerprint density at radius 3 is 2.43 bits per heavy atom. The highest BCUT2D eigenvalue weighted by atomic mass is 16.4. The predicted octanol–water partition coefficient (Wildman–Crippen LogP) is 3.70. The molecule has 21 heavy (non-hydrogen) atoms. The smallest absolute Gasteiger partial charge is 0.307 e. The van der Waals surface area contributed by atoms with Crippen molar-refractivity contribution in [1.82, 2.24) is 0 Å². The van der Waals surface area contributed by atoms with E-state index in [1.54, 1.807) is 30.5 Å².